The summed E-state index contributed by atoms with van der Waals surface area (Å²) in [5.41, 5.74) is 6.91. The summed E-state index contributed by atoms with van der Waals surface area (Å²) in [6.07, 6.45) is 0. The van der Waals surface area contributed by atoms with Gasteiger partial charge in [0.15, 0.2) is 5.39 Å². The van der Waals surface area contributed by atoms with Gasteiger partial charge in [-0.3, -0.25) is 5.73 Å². The predicted octanol–water partition coefficient (Wildman–Crippen LogP) is 1.65. The maximum absolute atomic E-state index is 11.9. The van der Waals surface area contributed by atoms with Crippen LogP contribution in [-0.4, -0.2) is 0 Å². The van der Waals surface area contributed by atoms with E-state index in [1.807, 2.05) is 31.2 Å². The van der Waals surface area contributed by atoms with Crippen LogP contribution in [0.25, 0.3) is 21.7 Å². The van der Waals surface area contributed by atoms with Crippen LogP contribution >= 0.6 is 0 Å². The number of aryl methyl sites for hydroxylation is 1. The van der Waals surface area contributed by atoms with Crippen LogP contribution in [0.5, 0.6) is 0 Å². The molecule has 0 aliphatic carbocycles. The highest BCUT2D eigenvalue weighted by Gasteiger charge is 2.14. The Labute approximate surface area is 96.7 Å². The van der Waals surface area contributed by atoms with E-state index in [4.69, 9.17) is 10.2 Å². The number of aromatic amines is 1. The van der Waals surface area contributed by atoms with Gasteiger partial charge in [-0.15, -0.1) is 0 Å². The monoisotopic (exact) mass is 227 g/mol. The summed E-state index contributed by atoms with van der Waals surface area (Å²) in [4.78, 5) is 14.8. The minimum Gasteiger partial charge on any atom is -0.422 e. The second-order valence-electron chi connectivity index (χ2n) is 4.04. The first-order chi connectivity index (χ1) is 8.16. The molecule has 1 aromatic carbocycles. The van der Waals surface area contributed by atoms with Crippen LogP contribution in [0.15, 0.2) is 39.5 Å². The van der Waals surface area contributed by atoms with E-state index in [1.54, 1.807) is 6.07 Å². The van der Waals surface area contributed by atoms with Gasteiger partial charge in [-0.1, -0.05) is 18.2 Å². The SMILES string of the molecule is Cc1cc2c(c(N)[nH+]1)c(=O)oc1ccccc12. The molecule has 3 rings (SSSR count). The number of para-hydroxylation sites is 1. The lowest BCUT2D eigenvalue weighted by Gasteiger charge is -2.02. The molecule has 4 heteroatoms. The number of fused-ring (bicyclic) bond motifs is 3. The molecule has 0 amide bonds. The zero-order valence-corrected chi connectivity index (χ0v) is 9.28. The summed E-state index contributed by atoms with van der Waals surface area (Å²) < 4.78 is 5.24. The Morgan fingerprint density at radius 1 is 1.24 bits per heavy atom. The van der Waals surface area contributed by atoms with Gasteiger partial charge in [0.2, 0.25) is 0 Å². The molecular weight excluding hydrogens is 216 g/mol. The van der Waals surface area contributed by atoms with Crippen LogP contribution in [0.2, 0.25) is 0 Å². The van der Waals surface area contributed by atoms with Gasteiger partial charge in [-0.25, -0.2) is 9.78 Å². The van der Waals surface area contributed by atoms with Gasteiger partial charge in [0.05, 0.1) is 5.69 Å². The van der Waals surface area contributed by atoms with Crippen molar-refractivity contribution in [3.63, 3.8) is 0 Å². The first-order valence-electron chi connectivity index (χ1n) is 5.31. The lowest BCUT2D eigenvalue weighted by atomic mass is 10.1. The van der Waals surface area contributed by atoms with Crippen molar-refractivity contribution in [1.82, 2.24) is 0 Å². The Hall–Kier alpha value is -2.36. The fraction of sp³-hybridized carbons (Fsp3) is 0.0769. The van der Waals surface area contributed by atoms with E-state index >= 15 is 0 Å². The van der Waals surface area contributed by atoms with Gasteiger partial charge < -0.3 is 4.42 Å². The average Bonchev–Trinajstić information content (AvgIpc) is 2.28. The van der Waals surface area contributed by atoms with Crippen LogP contribution in [0.3, 0.4) is 0 Å². The van der Waals surface area contributed by atoms with Crippen molar-refractivity contribution in [2.45, 2.75) is 6.92 Å². The van der Waals surface area contributed by atoms with E-state index in [0.717, 1.165) is 16.5 Å². The first-order valence-corrected chi connectivity index (χ1v) is 5.31. The molecule has 0 aliphatic rings. The molecule has 3 N–H and O–H groups in total. The smallest absolute Gasteiger partial charge is 0.352 e. The summed E-state index contributed by atoms with van der Waals surface area (Å²) in [5, 5.41) is 2.13. The lowest BCUT2D eigenvalue weighted by Crippen LogP contribution is -2.17. The quantitative estimate of drug-likeness (QED) is 0.469. The fourth-order valence-electron chi connectivity index (χ4n) is 2.11. The van der Waals surface area contributed by atoms with Gasteiger partial charge in [0.1, 0.15) is 5.58 Å². The molecule has 3 aromatic rings. The molecule has 0 radical (unpaired) electrons. The normalized spacial score (nSPS) is 11.1. The molecule has 2 heterocycles. The molecule has 0 fully saturated rings. The van der Waals surface area contributed by atoms with Gasteiger partial charge in [-0.2, -0.15) is 0 Å². The van der Waals surface area contributed by atoms with E-state index < -0.39 is 5.63 Å². The number of hydrogen-bond donors (Lipinski definition) is 1. The van der Waals surface area contributed by atoms with Gasteiger partial charge in [0, 0.05) is 10.8 Å². The molecule has 0 aliphatic heterocycles. The van der Waals surface area contributed by atoms with Crippen molar-refractivity contribution in [3.8, 4) is 0 Å². The van der Waals surface area contributed by atoms with Crippen molar-refractivity contribution >= 4 is 27.6 Å². The largest absolute Gasteiger partial charge is 0.422 e. The molecule has 0 bridgehead atoms. The summed E-state index contributed by atoms with van der Waals surface area (Å²) in [6.45, 7) is 1.90. The molecule has 0 saturated heterocycles. The highest BCUT2D eigenvalue weighted by atomic mass is 16.4. The predicted molar refractivity (Wildman–Crippen MR) is 65.7 cm³/mol. The third-order valence-corrected chi connectivity index (χ3v) is 2.82. The molecule has 2 aromatic heterocycles. The number of hydrogen-bond acceptors (Lipinski definition) is 3. The highest BCUT2D eigenvalue weighted by Crippen LogP contribution is 2.24. The van der Waals surface area contributed by atoms with Crippen LogP contribution in [0.4, 0.5) is 5.82 Å². The molecular formula is C13H11N2O2+. The number of anilines is 1. The van der Waals surface area contributed by atoms with Gasteiger partial charge in [0.25, 0.3) is 5.82 Å². The van der Waals surface area contributed by atoms with E-state index in [2.05, 4.69) is 4.98 Å². The minimum atomic E-state index is -0.410. The number of pyridine rings is 1. The summed E-state index contributed by atoms with van der Waals surface area (Å²) >= 11 is 0. The van der Waals surface area contributed by atoms with E-state index in [9.17, 15) is 4.79 Å². The number of H-pyrrole nitrogens is 1. The Balaban J connectivity index is 2.70. The average molecular weight is 227 g/mol. The Morgan fingerprint density at radius 2 is 2.00 bits per heavy atom. The maximum atomic E-state index is 11.9. The molecule has 84 valence electrons. The molecule has 0 unspecified atom stereocenters. The molecule has 0 spiro atoms. The maximum Gasteiger partial charge on any atom is 0.352 e. The zero-order chi connectivity index (χ0) is 12.0. The van der Waals surface area contributed by atoms with Crippen LogP contribution in [-0.2, 0) is 0 Å². The Kier molecular flexibility index (Phi) is 1.92. The standard InChI is InChI=1S/C13H10N2O2/c1-7-6-9-8-4-2-3-5-10(8)17-13(16)11(9)12(14)15-7/h2-6H,1H3,(H2,14,15)/p+1. The van der Waals surface area contributed by atoms with Crippen molar-refractivity contribution in [3.05, 3.63) is 46.4 Å². The van der Waals surface area contributed by atoms with E-state index in [-0.39, 0.29) is 0 Å². The summed E-state index contributed by atoms with van der Waals surface area (Å²) in [7, 11) is 0. The highest BCUT2D eigenvalue weighted by molar-refractivity contribution is 6.06. The Morgan fingerprint density at radius 3 is 2.82 bits per heavy atom. The summed E-state index contributed by atoms with van der Waals surface area (Å²) in [5.74, 6) is 0.347. The molecule has 17 heavy (non-hydrogen) atoms. The van der Waals surface area contributed by atoms with Crippen molar-refractivity contribution < 1.29 is 9.40 Å². The number of benzene rings is 1. The second-order valence-corrected chi connectivity index (χ2v) is 4.04. The number of rotatable bonds is 0. The van der Waals surface area contributed by atoms with Crippen LogP contribution < -0.4 is 16.3 Å². The molecule has 0 atom stereocenters. The first kappa shape index (κ1) is 9.84. The van der Waals surface area contributed by atoms with Crippen molar-refractivity contribution in [2.75, 3.05) is 5.73 Å². The zero-order valence-electron chi connectivity index (χ0n) is 9.28. The minimum absolute atomic E-state index is 0.347. The third kappa shape index (κ3) is 1.38. The van der Waals surface area contributed by atoms with Gasteiger partial charge in [-0.05, 0) is 19.1 Å². The number of aromatic nitrogens is 1. The topological polar surface area (TPSA) is 70.4 Å². The van der Waals surface area contributed by atoms with Gasteiger partial charge >= 0.3 is 5.63 Å². The van der Waals surface area contributed by atoms with Crippen LogP contribution in [0.1, 0.15) is 5.69 Å². The molecule has 0 saturated carbocycles. The molecule has 4 nitrogen and oxygen atoms in total. The number of nitrogens with one attached hydrogen (secondary N) is 1. The van der Waals surface area contributed by atoms with E-state index in [1.165, 1.54) is 0 Å². The Bertz CT molecular complexity index is 790. The number of nitrogen functional groups attached to an aromatic ring is 1. The second kappa shape index (κ2) is 3.31. The fourth-order valence-corrected chi connectivity index (χ4v) is 2.11. The lowest BCUT2D eigenvalue weighted by molar-refractivity contribution is -0.368. The summed E-state index contributed by atoms with van der Waals surface area (Å²) in [6, 6.07) is 9.34. The van der Waals surface area contributed by atoms with E-state index in [0.29, 0.717) is 16.8 Å². The van der Waals surface area contributed by atoms with Crippen molar-refractivity contribution in [1.29, 1.82) is 0 Å². The van der Waals surface area contributed by atoms with Crippen molar-refractivity contribution in [2.24, 2.45) is 0 Å². The number of nitrogens with two attached hydrogens (primary N) is 1. The third-order valence-electron chi connectivity index (χ3n) is 2.82. The van der Waals surface area contributed by atoms with Crippen LogP contribution in [0, 0.1) is 6.92 Å².